The van der Waals surface area contributed by atoms with E-state index in [-0.39, 0.29) is 5.95 Å². The summed E-state index contributed by atoms with van der Waals surface area (Å²) in [6.07, 6.45) is 12.0. The van der Waals surface area contributed by atoms with Gasteiger partial charge in [-0.3, -0.25) is 0 Å². The molecule has 4 N–H and O–H groups in total. The van der Waals surface area contributed by atoms with E-state index in [1.807, 2.05) is 18.2 Å². The number of anilines is 2. The minimum Gasteiger partial charge on any atom is -0.383 e. The van der Waals surface area contributed by atoms with Crippen molar-refractivity contribution in [2.45, 2.75) is 45.4 Å². The fourth-order valence-corrected chi connectivity index (χ4v) is 2.38. The van der Waals surface area contributed by atoms with Crippen LogP contribution >= 0.6 is 0 Å². The van der Waals surface area contributed by atoms with E-state index in [0.29, 0.717) is 5.82 Å². The molecule has 4 nitrogen and oxygen atoms in total. The Morgan fingerprint density at radius 3 is 2.67 bits per heavy atom. The highest BCUT2D eigenvalue weighted by molar-refractivity contribution is 5.90. The molecule has 1 aromatic carbocycles. The molecule has 1 heterocycles. The summed E-state index contributed by atoms with van der Waals surface area (Å²) in [6, 6.07) is 5.98. The van der Waals surface area contributed by atoms with E-state index in [9.17, 15) is 0 Å². The van der Waals surface area contributed by atoms with Crippen LogP contribution in [-0.4, -0.2) is 9.97 Å². The van der Waals surface area contributed by atoms with Gasteiger partial charge in [-0.1, -0.05) is 50.8 Å². The van der Waals surface area contributed by atoms with Crippen LogP contribution in [0.2, 0.25) is 0 Å². The van der Waals surface area contributed by atoms with Crippen LogP contribution in [0.15, 0.2) is 24.3 Å². The Bertz CT molecular complexity index is 619. The van der Waals surface area contributed by atoms with Gasteiger partial charge in [0.2, 0.25) is 5.95 Å². The van der Waals surface area contributed by atoms with Gasteiger partial charge in [-0.05, 0) is 30.5 Å². The number of hydrogen-bond acceptors (Lipinski definition) is 4. The van der Waals surface area contributed by atoms with Crippen molar-refractivity contribution in [2.24, 2.45) is 0 Å². The number of rotatable bonds is 7. The average Bonchev–Trinajstić information content (AvgIpc) is 2.46. The molecule has 0 unspecified atom stereocenters. The lowest BCUT2D eigenvalue weighted by Gasteiger charge is -2.03. The van der Waals surface area contributed by atoms with Crippen molar-refractivity contribution >= 4 is 28.7 Å². The van der Waals surface area contributed by atoms with Crippen LogP contribution in [-0.2, 0) is 0 Å². The van der Waals surface area contributed by atoms with E-state index in [2.05, 4.69) is 29.0 Å². The highest BCUT2D eigenvalue weighted by Gasteiger charge is 2.03. The molecule has 0 aliphatic carbocycles. The topological polar surface area (TPSA) is 77.8 Å². The summed E-state index contributed by atoms with van der Waals surface area (Å²) in [7, 11) is 0. The van der Waals surface area contributed by atoms with E-state index in [4.69, 9.17) is 11.5 Å². The first-order chi connectivity index (χ1) is 10.2. The van der Waals surface area contributed by atoms with Crippen molar-refractivity contribution < 1.29 is 0 Å². The molecule has 0 bridgehead atoms. The Balaban J connectivity index is 1.96. The van der Waals surface area contributed by atoms with Gasteiger partial charge in [-0.2, -0.15) is 4.98 Å². The van der Waals surface area contributed by atoms with Crippen LogP contribution in [0.5, 0.6) is 0 Å². The largest absolute Gasteiger partial charge is 0.383 e. The molecule has 0 saturated heterocycles. The average molecular weight is 284 g/mol. The molecule has 2 rings (SSSR count). The number of fused-ring (bicyclic) bond motifs is 1. The van der Waals surface area contributed by atoms with Gasteiger partial charge >= 0.3 is 0 Å². The van der Waals surface area contributed by atoms with Crippen molar-refractivity contribution in [1.29, 1.82) is 0 Å². The first-order valence-corrected chi connectivity index (χ1v) is 7.70. The molecule has 0 aliphatic heterocycles. The van der Waals surface area contributed by atoms with E-state index in [1.165, 1.54) is 32.1 Å². The van der Waals surface area contributed by atoms with Gasteiger partial charge in [0.05, 0.1) is 5.52 Å². The molecule has 2 aromatic rings. The first kappa shape index (κ1) is 15.3. The minimum atomic E-state index is 0.218. The predicted octanol–water partition coefficient (Wildman–Crippen LogP) is 4.17. The standard InChI is InChI=1S/C17H24N4/c1-2-3-4-5-6-7-8-9-13-10-11-15-14(12-13)16(18)21-17(19)20-15/h8-12H,2-7H2,1H3,(H4,18,19,20,21). The van der Waals surface area contributed by atoms with Crippen molar-refractivity contribution in [3.63, 3.8) is 0 Å². The van der Waals surface area contributed by atoms with Crippen molar-refractivity contribution in [2.75, 3.05) is 11.5 Å². The summed E-state index contributed by atoms with van der Waals surface area (Å²) < 4.78 is 0. The summed E-state index contributed by atoms with van der Waals surface area (Å²) in [5, 5.41) is 0.856. The molecule has 0 amide bonds. The number of nitrogen functional groups attached to an aromatic ring is 2. The monoisotopic (exact) mass is 284 g/mol. The summed E-state index contributed by atoms with van der Waals surface area (Å²) >= 11 is 0. The summed E-state index contributed by atoms with van der Waals surface area (Å²) in [4.78, 5) is 8.18. The third-order valence-corrected chi connectivity index (χ3v) is 3.55. The maximum Gasteiger partial charge on any atom is 0.222 e. The molecular weight excluding hydrogens is 260 g/mol. The molecule has 0 fully saturated rings. The molecule has 0 spiro atoms. The van der Waals surface area contributed by atoms with Crippen LogP contribution < -0.4 is 11.5 Å². The third-order valence-electron chi connectivity index (χ3n) is 3.55. The highest BCUT2D eigenvalue weighted by atomic mass is 15.0. The number of unbranched alkanes of at least 4 members (excludes halogenated alkanes) is 5. The van der Waals surface area contributed by atoms with E-state index in [0.717, 1.165) is 22.9 Å². The van der Waals surface area contributed by atoms with Gasteiger partial charge in [0.1, 0.15) is 5.82 Å². The van der Waals surface area contributed by atoms with E-state index >= 15 is 0 Å². The first-order valence-electron chi connectivity index (χ1n) is 7.70. The Kier molecular flexibility index (Phi) is 5.55. The molecular formula is C17H24N4. The number of hydrogen-bond donors (Lipinski definition) is 2. The second-order valence-corrected chi connectivity index (χ2v) is 5.35. The molecule has 112 valence electrons. The van der Waals surface area contributed by atoms with Crippen LogP contribution in [0.3, 0.4) is 0 Å². The lowest BCUT2D eigenvalue weighted by Crippen LogP contribution is -2.00. The zero-order valence-electron chi connectivity index (χ0n) is 12.7. The SMILES string of the molecule is CCCCCCCC=Cc1ccc2nc(N)nc(N)c2c1. The lowest BCUT2D eigenvalue weighted by atomic mass is 10.1. The zero-order chi connectivity index (χ0) is 15.1. The van der Waals surface area contributed by atoms with Crippen molar-refractivity contribution in [3.05, 3.63) is 29.8 Å². The zero-order valence-corrected chi connectivity index (χ0v) is 12.7. The predicted molar refractivity (Wildman–Crippen MR) is 90.8 cm³/mol. The Labute approximate surface area is 126 Å². The summed E-state index contributed by atoms with van der Waals surface area (Å²) in [6.45, 7) is 2.24. The lowest BCUT2D eigenvalue weighted by molar-refractivity contribution is 0.638. The molecule has 0 aliphatic rings. The van der Waals surface area contributed by atoms with Gasteiger partial charge in [-0.15, -0.1) is 0 Å². The highest BCUT2D eigenvalue weighted by Crippen LogP contribution is 2.21. The van der Waals surface area contributed by atoms with Gasteiger partial charge in [-0.25, -0.2) is 4.98 Å². The molecule has 21 heavy (non-hydrogen) atoms. The number of allylic oxidation sites excluding steroid dienone is 1. The van der Waals surface area contributed by atoms with Gasteiger partial charge in [0, 0.05) is 5.39 Å². The molecule has 0 atom stereocenters. The quantitative estimate of drug-likeness (QED) is 0.748. The van der Waals surface area contributed by atoms with Crippen LogP contribution in [0, 0.1) is 0 Å². The Morgan fingerprint density at radius 2 is 1.86 bits per heavy atom. The number of nitrogens with two attached hydrogens (primary N) is 2. The smallest absolute Gasteiger partial charge is 0.222 e. The summed E-state index contributed by atoms with van der Waals surface area (Å²) in [5.41, 5.74) is 13.4. The van der Waals surface area contributed by atoms with Gasteiger partial charge in [0.25, 0.3) is 0 Å². The van der Waals surface area contributed by atoms with Crippen molar-refractivity contribution in [3.8, 4) is 0 Å². The molecule has 0 radical (unpaired) electrons. The van der Waals surface area contributed by atoms with Gasteiger partial charge in [0.15, 0.2) is 0 Å². The Morgan fingerprint density at radius 1 is 1.05 bits per heavy atom. The van der Waals surface area contributed by atoms with Crippen LogP contribution in [0.1, 0.15) is 51.0 Å². The van der Waals surface area contributed by atoms with Crippen LogP contribution in [0.25, 0.3) is 17.0 Å². The maximum atomic E-state index is 5.89. The fraction of sp³-hybridized carbons (Fsp3) is 0.412. The number of benzene rings is 1. The second-order valence-electron chi connectivity index (χ2n) is 5.35. The van der Waals surface area contributed by atoms with Crippen molar-refractivity contribution in [1.82, 2.24) is 9.97 Å². The van der Waals surface area contributed by atoms with Gasteiger partial charge < -0.3 is 11.5 Å². The number of aromatic nitrogens is 2. The normalized spacial score (nSPS) is 11.5. The van der Waals surface area contributed by atoms with Crippen LogP contribution in [0.4, 0.5) is 11.8 Å². The van der Waals surface area contributed by atoms with E-state index < -0.39 is 0 Å². The fourth-order valence-electron chi connectivity index (χ4n) is 2.38. The second kappa shape index (κ2) is 7.62. The Hall–Kier alpha value is -2.10. The molecule has 1 aromatic heterocycles. The number of nitrogens with zero attached hydrogens (tertiary/aromatic N) is 2. The molecule has 4 heteroatoms. The third kappa shape index (κ3) is 4.45. The maximum absolute atomic E-state index is 5.89. The minimum absolute atomic E-state index is 0.218. The van der Waals surface area contributed by atoms with E-state index in [1.54, 1.807) is 0 Å². The molecule has 0 saturated carbocycles. The summed E-state index contributed by atoms with van der Waals surface area (Å²) in [5.74, 6) is 0.655.